The van der Waals surface area contributed by atoms with E-state index in [9.17, 15) is 9.90 Å². The Hall–Kier alpha value is -1.42. The molecule has 0 spiro atoms. The number of phenols is 1. The number of methoxy groups -OCH3 is 1. The highest BCUT2D eigenvalue weighted by atomic mass is 35.5. The summed E-state index contributed by atoms with van der Waals surface area (Å²) in [5.74, 6) is 0.0461. The highest BCUT2D eigenvalue weighted by Crippen LogP contribution is 2.34. The molecule has 0 bridgehead atoms. The molecule has 0 unspecified atom stereocenters. The smallest absolute Gasteiger partial charge is 0.221 e. The molecule has 0 heterocycles. The van der Waals surface area contributed by atoms with Gasteiger partial charge in [0.1, 0.15) is 11.5 Å². The van der Waals surface area contributed by atoms with E-state index in [1.54, 1.807) is 0 Å². The normalized spacial score (nSPS) is 9.64. The molecule has 1 aromatic rings. The monoisotopic (exact) mass is 215 g/mol. The minimum Gasteiger partial charge on any atom is -0.506 e. The van der Waals surface area contributed by atoms with Gasteiger partial charge in [0.05, 0.1) is 17.8 Å². The predicted octanol–water partition coefficient (Wildman–Crippen LogP) is 2.01. The van der Waals surface area contributed by atoms with Crippen LogP contribution in [0.25, 0.3) is 0 Å². The number of hydrogen-bond acceptors (Lipinski definition) is 3. The zero-order valence-electron chi connectivity index (χ0n) is 7.80. The number of halogens is 1. The molecule has 1 aromatic carbocycles. The van der Waals surface area contributed by atoms with Crippen LogP contribution in [0.1, 0.15) is 6.92 Å². The molecule has 0 atom stereocenters. The molecule has 14 heavy (non-hydrogen) atoms. The summed E-state index contributed by atoms with van der Waals surface area (Å²) in [5.41, 5.74) is 0.433. The van der Waals surface area contributed by atoms with Gasteiger partial charge in [-0.3, -0.25) is 4.79 Å². The van der Waals surface area contributed by atoms with Crippen LogP contribution in [0.3, 0.4) is 0 Å². The molecule has 76 valence electrons. The predicted molar refractivity (Wildman–Crippen MR) is 54.0 cm³/mol. The maximum absolute atomic E-state index is 10.8. The lowest BCUT2D eigenvalue weighted by Crippen LogP contribution is -2.07. The third-order valence-corrected chi connectivity index (χ3v) is 1.88. The van der Waals surface area contributed by atoms with E-state index in [2.05, 4.69) is 5.32 Å². The summed E-state index contributed by atoms with van der Waals surface area (Å²) in [6, 6.07) is 2.77. The van der Waals surface area contributed by atoms with Gasteiger partial charge in [-0.1, -0.05) is 11.6 Å². The largest absolute Gasteiger partial charge is 0.506 e. The average molecular weight is 216 g/mol. The fraction of sp³-hybridized carbons (Fsp3) is 0.222. The maximum atomic E-state index is 10.8. The van der Waals surface area contributed by atoms with Gasteiger partial charge in [-0.05, 0) is 6.07 Å². The van der Waals surface area contributed by atoms with Crippen molar-refractivity contribution in [3.05, 3.63) is 17.2 Å². The van der Waals surface area contributed by atoms with Gasteiger partial charge in [-0.2, -0.15) is 0 Å². The summed E-state index contributed by atoms with van der Waals surface area (Å²) in [6.45, 7) is 1.38. The van der Waals surface area contributed by atoms with E-state index in [1.165, 1.54) is 26.2 Å². The minimum absolute atomic E-state index is 0.0855. The molecule has 0 aliphatic carbocycles. The first-order valence-electron chi connectivity index (χ1n) is 3.88. The Balaban J connectivity index is 3.13. The molecule has 0 fully saturated rings. The van der Waals surface area contributed by atoms with Crippen molar-refractivity contribution in [2.24, 2.45) is 0 Å². The molecular formula is C9H10ClNO3. The van der Waals surface area contributed by atoms with Crippen LogP contribution in [0.15, 0.2) is 12.1 Å². The first kappa shape index (κ1) is 10.7. The number of hydrogen-bond donors (Lipinski definition) is 2. The van der Waals surface area contributed by atoms with Gasteiger partial charge >= 0.3 is 0 Å². The van der Waals surface area contributed by atoms with E-state index in [0.29, 0.717) is 11.4 Å². The Labute approximate surface area is 86.4 Å². The molecule has 0 saturated carbocycles. The van der Waals surface area contributed by atoms with Gasteiger partial charge in [-0.15, -0.1) is 0 Å². The molecule has 5 heteroatoms. The van der Waals surface area contributed by atoms with Gasteiger partial charge < -0.3 is 15.2 Å². The van der Waals surface area contributed by atoms with Crippen LogP contribution in [-0.4, -0.2) is 18.1 Å². The topological polar surface area (TPSA) is 58.6 Å². The number of benzene rings is 1. The van der Waals surface area contributed by atoms with E-state index < -0.39 is 0 Å². The van der Waals surface area contributed by atoms with E-state index in [0.717, 1.165) is 0 Å². The second kappa shape index (κ2) is 4.19. The minimum atomic E-state index is -0.231. The van der Waals surface area contributed by atoms with Gasteiger partial charge in [0.15, 0.2) is 0 Å². The molecule has 0 aromatic heterocycles. The summed E-state index contributed by atoms with van der Waals surface area (Å²) in [6.07, 6.45) is 0. The van der Waals surface area contributed by atoms with Crippen LogP contribution in [-0.2, 0) is 4.79 Å². The zero-order valence-corrected chi connectivity index (χ0v) is 8.55. The van der Waals surface area contributed by atoms with Crippen molar-refractivity contribution in [1.29, 1.82) is 0 Å². The molecule has 0 aliphatic rings. The van der Waals surface area contributed by atoms with Gasteiger partial charge in [0.2, 0.25) is 5.91 Å². The number of aromatic hydroxyl groups is 1. The maximum Gasteiger partial charge on any atom is 0.221 e. The summed E-state index contributed by atoms with van der Waals surface area (Å²) < 4.78 is 4.95. The zero-order chi connectivity index (χ0) is 10.7. The number of amides is 1. The fourth-order valence-electron chi connectivity index (χ4n) is 0.999. The number of carbonyl (C=O) groups excluding carboxylic acids is 1. The van der Waals surface area contributed by atoms with Crippen molar-refractivity contribution in [2.45, 2.75) is 6.92 Å². The SMILES string of the molecule is COc1cc(O)c(Cl)cc1NC(C)=O. The molecule has 2 N–H and O–H groups in total. The van der Waals surface area contributed by atoms with E-state index in [1.807, 2.05) is 0 Å². The van der Waals surface area contributed by atoms with Crippen LogP contribution in [0.5, 0.6) is 11.5 Å². The van der Waals surface area contributed by atoms with Gasteiger partial charge in [0, 0.05) is 13.0 Å². The summed E-state index contributed by atoms with van der Waals surface area (Å²) in [5, 5.41) is 12.0. The second-order valence-electron chi connectivity index (χ2n) is 2.69. The Morgan fingerprint density at radius 3 is 2.71 bits per heavy atom. The Kier molecular flexibility index (Phi) is 3.19. The van der Waals surface area contributed by atoms with Crippen molar-refractivity contribution in [3.63, 3.8) is 0 Å². The molecule has 0 radical (unpaired) electrons. The van der Waals surface area contributed by atoms with E-state index in [-0.39, 0.29) is 16.7 Å². The lowest BCUT2D eigenvalue weighted by molar-refractivity contribution is -0.114. The molecular weight excluding hydrogens is 206 g/mol. The third-order valence-electron chi connectivity index (χ3n) is 1.58. The number of anilines is 1. The van der Waals surface area contributed by atoms with Crippen molar-refractivity contribution < 1.29 is 14.6 Å². The molecule has 0 saturated heterocycles. The summed E-state index contributed by atoms with van der Waals surface area (Å²) in [7, 11) is 1.44. The number of rotatable bonds is 2. The number of phenolic OH excluding ortho intramolecular Hbond substituents is 1. The quantitative estimate of drug-likeness (QED) is 0.742. The third kappa shape index (κ3) is 2.29. The Morgan fingerprint density at radius 1 is 1.57 bits per heavy atom. The highest BCUT2D eigenvalue weighted by Gasteiger charge is 2.09. The van der Waals surface area contributed by atoms with Crippen molar-refractivity contribution in [2.75, 3.05) is 12.4 Å². The first-order chi connectivity index (χ1) is 6.54. The van der Waals surface area contributed by atoms with Crippen molar-refractivity contribution >= 4 is 23.2 Å². The Bertz CT molecular complexity index is 365. The lowest BCUT2D eigenvalue weighted by atomic mass is 10.2. The fourth-order valence-corrected chi connectivity index (χ4v) is 1.16. The van der Waals surface area contributed by atoms with Crippen molar-refractivity contribution in [3.8, 4) is 11.5 Å². The molecule has 1 rings (SSSR count). The molecule has 1 amide bonds. The highest BCUT2D eigenvalue weighted by molar-refractivity contribution is 6.32. The molecule has 4 nitrogen and oxygen atoms in total. The van der Waals surface area contributed by atoms with Gasteiger partial charge in [0.25, 0.3) is 0 Å². The van der Waals surface area contributed by atoms with Crippen LogP contribution in [0.4, 0.5) is 5.69 Å². The lowest BCUT2D eigenvalue weighted by Gasteiger charge is -2.09. The summed E-state index contributed by atoms with van der Waals surface area (Å²) >= 11 is 5.67. The average Bonchev–Trinajstić information content (AvgIpc) is 2.10. The van der Waals surface area contributed by atoms with E-state index >= 15 is 0 Å². The van der Waals surface area contributed by atoms with Gasteiger partial charge in [-0.25, -0.2) is 0 Å². The Morgan fingerprint density at radius 2 is 2.21 bits per heavy atom. The van der Waals surface area contributed by atoms with Crippen LogP contribution < -0.4 is 10.1 Å². The van der Waals surface area contributed by atoms with Crippen LogP contribution in [0, 0.1) is 0 Å². The summed E-state index contributed by atoms with van der Waals surface area (Å²) in [4.78, 5) is 10.8. The number of ether oxygens (including phenoxy) is 1. The second-order valence-corrected chi connectivity index (χ2v) is 3.09. The van der Waals surface area contributed by atoms with E-state index in [4.69, 9.17) is 16.3 Å². The number of nitrogens with one attached hydrogen (secondary N) is 1. The van der Waals surface area contributed by atoms with Crippen LogP contribution >= 0.6 is 11.6 Å². The first-order valence-corrected chi connectivity index (χ1v) is 4.26. The van der Waals surface area contributed by atoms with Crippen molar-refractivity contribution in [1.82, 2.24) is 0 Å². The number of carbonyl (C=O) groups is 1. The van der Waals surface area contributed by atoms with Crippen LogP contribution in [0.2, 0.25) is 5.02 Å². The standard InChI is InChI=1S/C9H10ClNO3/c1-5(12)11-7-3-6(10)8(13)4-9(7)14-2/h3-4,13H,1-2H3,(H,11,12). The molecule has 0 aliphatic heterocycles.